The molecule has 15 heavy (non-hydrogen) atoms. The van der Waals surface area contributed by atoms with E-state index in [9.17, 15) is 21.6 Å². The van der Waals surface area contributed by atoms with Gasteiger partial charge in [-0.15, -0.1) is 0 Å². The van der Waals surface area contributed by atoms with Crippen molar-refractivity contribution < 1.29 is 25.8 Å². The van der Waals surface area contributed by atoms with Gasteiger partial charge in [-0.1, -0.05) is 13.3 Å². The normalized spacial score (nSPS) is 15.3. The molecule has 0 aliphatic heterocycles. The van der Waals surface area contributed by atoms with E-state index in [1.54, 1.807) is 0 Å². The minimum Gasteiger partial charge on any atom is -0.328 e. The molecule has 1 unspecified atom stereocenters. The van der Waals surface area contributed by atoms with Crippen molar-refractivity contribution in [3.63, 3.8) is 0 Å². The zero-order chi connectivity index (χ0) is 12.1. The van der Waals surface area contributed by atoms with E-state index in [-0.39, 0.29) is 12.5 Å². The summed E-state index contributed by atoms with van der Waals surface area (Å²) in [5.41, 5.74) is 0.107. The largest absolute Gasteiger partial charge is 0.523 e. The fraction of sp³-hybridized carbons (Fsp3) is 1.00. The summed E-state index contributed by atoms with van der Waals surface area (Å²) in [7, 11) is -5.46. The molecule has 0 radical (unpaired) electrons. The molecule has 0 aliphatic rings. The van der Waals surface area contributed by atoms with E-state index < -0.39 is 22.2 Å². The summed E-state index contributed by atoms with van der Waals surface area (Å²) in [4.78, 5) is 0. The number of nitrogens with two attached hydrogens (primary N) is 1. The first-order valence-corrected chi connectivity index (χ1v) is 5.82. The molecule has 1 atom stereocenters. The molecule has 8 heteroatoms. The molecular weight excluding hydrogens is 235 g/mol. The summed E-state index contributed by atoms with van der Waals surface area (Å²) in [5, 5.41) is 0. The van der Waals surface area contributed by atoms with E-state index in [4.69, 9.17) is 5.73 Å². The van der Waals surface area contributed by atoms with Crippen LogP contribution in [0.1, 0.15) is 26.2 Å². The Hall–Kier alpha value is -0.340. The second kappa shape index (κ2) is 5.66. The molecule has 0 saturated heterocycles. The van der Waals surface area contributed by atoms with Gasteiger partial charge in [0.25, 0.3) is 0 Å². The van der Waals surface area contributed by atoms with E-state index >= 15 is 0 Å². The Morgan fingerprint density at radius 3 is 2.27 bits per heavy atom. The number of halogens is 3. The van der Waals surface area contributed by atoms with Crippen LogP contribution < -0.4 is 5.73 Å². The SMILES string of the molecule is CCCC(N)CCOS(=O)(=O)C(F)(F)F. The molecule has 0 aliphatic carbocycles. The highest BCUT2D eigenvalue weighted by molar-refractivity contribution is 7.87. The molecule has 0 rings (SSSR count). The number of hydrogen-bond acceptors (Lipinski definition) is 4. The predicted molar refractivity (Wildman–Crippen MR) is 48.4 cm³/mol. The fourth-order valence-corrected chi connectivity index (χ4v) is 1.34. The Labute approximate surface area is 86.7 Å². The predicted octanol–water partition coefficient (Wildman–Crippen LogP) is 1.37. The van der Waals surface area contributed by atoms with Gasteiger partial charge >= 0.3 is 15.6 Å². The Bertz CT molecular complexity index is 276. The van der Waals surface area contributed by atoms with Crippen molar-refractivity contribution >= 4 is 10.1 Å². The maximum absolute atomic E-state index is 11.8. The third kappa shape index (κ3) is 5.33. The molecule has 0 fully saturated rings. The van der Waals surface area contributed by atoms with E-state index in [1.165, 1.54) is 0 Å². The Kier molecular flexibility index (Phi) is 5.54. The number of hydrogen-bond donors (Lipinski definition) is 1. The van der Waals surface area contributed by atoms with E-state index in [1.807, 2.05) is 6.92 Å². The van der Waals surface area contributed by atoms with Gasteiger partial charge in [0.2, 0.25) is 0 Å². The van der Waals surface area contributed by atoms with Crippen LogP contribution in [0, 0.1) is 0 Å². The zero-order valence-corrected chi connectivity index (χ0v) is 9.07. The summed E-state index contributed by atoms with van der Waals surface area (Å²) >= 11 is 0. The van der Waals surface area contributed by atoms with Crippen molar-refractivity contribution in [2.45, 2.75) is 37.7 Å². The molecule has 0 aromatic heterocycles. The number of alkyl halides is 3. The van der Waals surface area contributed by atoms with Crippen molar-refractivity contribution in [3.8, 4) is 0 Å². The number of rotatable bonds is 6. The highest BCUT2D eigenvalue weighted by Gasteiger charge is 2.47. The zero-order valence-electron chi connectivity index (χ0n) is 8.25. The van der Waals surface area contributed by atoms with Crippen LogP contribution in [0.15, 0.2) is 0 Å². The molecule has 0 amide bonds. The molecule has 92 valence electrons. The molecule has 0 aromatic carbocycles. The van der Waals surface area contributed by atoms with Gasteiger partial charge in [-0.05, 0) is 12.8 Å². The first-order chi connectivity index (χ1) is 6.70. The standard InChI is InChI=1S/C7H14F3NO3S/c1-2-3-6(11)4-5-14-15(12,13)7(8,9)10/h6H,2-5,11H2,1H3. The van der Waals surface area contributed by atoms with Crippen molar-refractivity contribution in [2.75, 3.05) is 6.61 Å². The molecule has 0 saturated carbocycles. The van der Waals surface area contributed by atoms with Gasteiger partial charge in [-0.25, -0.2) is 0 Å². The Morgan fingerprint density at radius 1 is 1.33 bits per heavy atom. The molecule has 4 nitrogen and oxygen atoms in total. The lowest BCUT2D eigenvalue weighted by atomic mass is 10.1. The van der Waals surface area contributed by atoms with Crippen LogP contribution in [0.5, 0.6) is 0 Å². The van der Waals surface area contributed by atoms with Crippen molar-refractivity contribution in [3.05, 3.63) is 0 Å². The van der Waals surface area contributed by atoms with Gasteiger partial charge in [0.15, 0.2) is 0 Å². The molecule has 2 N–H and O–H groups in total. The first kappa shape index (κ1) is 14.7. The quantitative estimate of drug-likeness (QED) is 0.570. The van der Waals surface area contributed by atoms with Crippen molar-refractivity contribution in [1.82, 2.24) is 0 Å². The van der Waals surface area contributed by atoms with Gasteiger partial charge < -0.3 is 5.73 Å². The van der Waals surface area contributed by atoms with Crippen LogP contribution in [0.2, 0.25) is 0 Å². The lowest BCUT2D eigenvalue weighted by Gasteiger charge is -2.11. The minimum atomic E-state index is -5.46. The third-order valence-electron chi connectivity index (χ3n) is 1.67. The van der Waals surface area contributed by atoms with E-state index in [0.717, 1.165) is 6.42 Å². The van der Waals surface area contributed by atoms with Crippen LogP contribution in [-0.2, 0) is 14.3 Å². The minimum absolute atomic E-state index is 0.0865. The molecule has 0 spiro atoms. The second-order valence-electron chi connectivity index (χ2n) is 3.06. The molecule has 0 aromatic rings. The fourth-order valence-electron chi connectivity index (χ4n) is 0.891. The maximum atomic E-state index is 11.8. The van der Waals surface area contributed by atoms with Crippen molar-refractivity contribution in [2.24, 2.45) is 5.73 Å². The lowest BCUT2D eigenvalue weighted by molar-refractivity contribution is -0.0543. The van der Waals surface area contributed by atoms with Crippen molar-refractivity contribution in [1.29, 1.82) is 0 Å². The summed E-state index contributed by atoms with van der Waals surface area (Å²) in [5.74, 6) is 0. The lowest BCUT2D eigenvalue weighted by Crippen LogP contribution is -2.28. The van der Waals surface area contributed by atoms with Crippen LogP contribution >= 0.6 is 0 Å². The van der Waals surface area contributed by atoms with Gasteiger partial charge in [-0.2, -0.15) is 21.6 Å². The maximum Gasteiger partial charge on any atom is 0.523 e. The summed E-state index contributed by atoms with van der Waals surface area (Å²) in [6.45, 7) is 1.33. The average Bonchev–Trinajstić information content (AvgIpc) is 2.01. The summed E-state index contributed by atoms with van der Waals surface area (Å²) < 4.78 is 59.9. The molecular formula is C7H14F3NO3S. The summed E-state index contributed by atoms with van der Waals surface area (Å²) in [6, 6.07) is -0.335. The topological polar surface area (TPSA) is 69.4 Å². The van der Waals surface area contributed by atoms with Gasteiger partial charge in [0.05, 0.1) is 6.61 Å². The Morgan fingerprint density at radius 2 is 1.87 bits per heavy atom. The Balaban J connectivity index is 3.97. The smallest absolute Gasteiger partial charge is 0.328 e. The van der Waals surface area contributed by atoms with Crippen LogP contribution in [0.3, 0.4) is 0 Å². The molecule has 0 heterocycles. The van der Waals surface area contributed by atoms with Gasteiger partial charge in [0, 0.05) is 6.04 Å². The van der Waals surface area contributed by atoms with E-state index in [0.29, 0.717) is 6.42 Å². The highest BCUT2D eigenvalue weighted by atomic mass is 32.2. The average molecular weight is 249 g/mol. The monoisotopic (exact) mass is 249 g/mol. The first-order valence-electron chi connectivity index (χ1n) is 4.42. The summed E-state index contributed by atoms with van der Waals surface area (Å²) in [6.07, 6.45) is 1.49. The van der Waals surface area contributed by atoms with Crippen LogP contribution in [-0.4, -0.2) is 26.6 Å². The van der Waals surface area contributed by atoms with Gasteiger partial charge in [0.1, 0.15) is 0 Å². The van der Waals surface area contributed by atoms with Crippen LogP contribution in [0.25, 0.3) is 0 Å². The van der Waals surface area contributed by atoms with E-state index in [2.05, 4.69) is 4.18 Å². The second-order valence-corrected chi connectivity index (χ2v) is 4.67. The highest BCUT2D eigenvalue weighted by Crippen LogP contribution is 2.24. The van der Waals surface area contributed by atoms with Crippen LogP contribution in [0.4, 0.5) is 13.2 Å². The molecule has 0 bridgehead atoms. The van der Waals surface area contributed by atoms with Gasteiger partial charge in [-0.3, -0.25) is 4.18 Å². The third-order valence-corrected chi connectivity index (χ3v) is 2.71.